The normalized spacial score (nSPS) is 10.8. The van der Waals surface area contributed by atoms with E-state index in [1.54, 1.807) is 31.4 Å². The van der Waals surface area contributed by atoms with Crippen LogP contribution in [-0.2, 0) is 4.84 Å². The van der Waals surface area contributed by atoms with Crippen molar-refractivity contribution in [1.82, 2.24) is 5.32 Å². The van der Waals surface area contributed by atoms with Gasteiger partial charge in [-0.15, -0.1) is 0 Å². The minimum atomic E-state index is -0.670. The Balaban J connectivity index is 2.71. The third-order valence-corrected chi connectivity index (χ3v) is 1.82. The molecule has 6 heteroatoms. The molecule has 0 saturated carbocycles. The summed E-state index contributed by atoms with van der Waals surface area (Å²) in [6.07, 6.45) is -0.670. The molecule has 16 heavy (non-hydrogen) atoms. The average molecular weight is 223 g/mol. The Bertz CT molecular complexity index is 387. The van der Waals surface area contributed by atoms with E-state index in [0.29, 0.717) is 11.3 Å². The molecule has 1 rings (SSSR count). The van der Waals surface area contributed by atoms with Crippen molar-refractivity contribution in [2.24, 2.45) is 10.9 Å². The smallest absolute Gasteiger partial charge is 0.433 e. The Morgan fingerprint density at radius 3 is 2.50 bits per heavy atom. The summed E-state index contributed by atoms with van der Waals surface area (Å²) in [7, 11) is 3.00. The predicted octanol–water partition coefficient (Wildman–Crippen LogP) is 0.671. The third-order valence-electron chi connectivity index (χ3n) is 1.82. The second-order valence-corrected chi connectivity index (χ2v) is 2.83. The Hall–Kier alpha value is -2.24. The number of benzene rings is 1. The van der Waals surface area contributed by atoms with E-state index in [-0.39, 0.29) is 5.84 Å². The number of carbonyl (C=O) groups excluding carboxylic acids is 1. The molecular formula is C10H13N3O3. The maximum absolute atomic E-state index is 10.7. The van der Waals surface area contributed by atoms with Gasteiger partial charge in [-0.2, -0.15) is 0 Å². The van der Waals surface area contributed by atoms with Crippen LogP contribution in [-0.4, -0.2) is 26.1 Å². The van der Waals surface area contributed by atoms with Crippen LogP contribution in [0.5, 0.6) is 5.75 Å². The van der Waals surface area contributed by atoms with Crippen molar-refractivity contribution in [1.29, 1.82) is 0 Å². The van der Waals surface area contributed by atoms with Crippen LogP contribution < -0.4 is 15.8 Å². The average Bonchev–Trinajstić information content (AvgIpc) is 2.35. The second-order valence-electron chi connectivity index (χ2n) is 2.83. The maximum Gasteiger partial charge on any atom is 0.433 e. The van der Waals surface area contributed by atoms with E-state index in [9.17, 15) is 4.79 Å². The number of nitrogens with zero attached hydrogens (tertiary/aromatic N) is 1. The lowest BCUT2D eigenvalue weighted by Gasteiger charge is -2.02. The van der Waals surface area contributed by atoms with Gasteiger partial charge in [0.1, 0.15) is 5.75 Å². The number of amidine groups is 1. The number of oxime groups is 1. The number of carbonyl (C=O) groups is 1. The number of methoxy groups -OCH3 is 1. The summed E-state index contributed by atoms with van der Waals surface area (Å²) in [5.74, 6) is 0.829. The van der Waals surface area contributed by atoms with Gasteiger partial charge in [0.15, 0.2) is 5.84 Å². The predicted molar refractivity (Wildman–Crippen MR) is 59.3 cm³/mol. The highest BCUT2D eigenvalue weighted by Gasteiger charge is 2.01. The third kappa shape index (κ3) is 3.16. The van der Waals surface area contributed by atoms with Crippen molar-refractivity contribution in [2.75, 3.05) is 14.2 Å². The molecule has 1 aromatic carbocycles. The zero-order chi connectivity index (χ0) is 12.0. The summed E-state index contributed by atoms with van der Waals surface area (Å²) in [5.41, 5.74) is 6.24. The minimum absolute atomic E-state index is 0.117. The molecule has 86 valence electrons. The number of hydrogen-bond acceptors (Lipinski definition) is 4. The molecule has 0 aliphatic rings. The first kappa shape index (κ1) is 11.8. The molecule has 0 heterocycles. The van der Waals surface area contributed by atoms with E-state index in [1.807, 2.05) is 0 Å². The van der Waals surface area contributed by atoms with E-state index in [4.69, 9.17) is 10.5 Å². The molecule has 0 atom stereocenters. The Morgan fingerprint density at radius 1 is 1.38 bits per heavy atom. The summed E-state index contributed by atoms with van der Waals surface area (Å²) in [5, 5.41) is 5.71. The van der Waals surface area contributed by atoms with Crippen molar-refractivity contribution >= 4 is 11.9 Å². The molecule has 0 saturated heterocycles. The molecule has 1 aromatic rings. The number of amides is 1. The highest BCUT2D eigenvalue weighted by molar-refractivity contribution is 5.97. The standard InChI is InChI=1S/C10H13N3O3/c1-12-10(14)16-13-9(11)7-3-5-8(15-2)6-4-7/h3-6H,1-2H3,(H2,11,13)(H,12,14). The molecule has 0 unspecified atom stereocenters. The molecule has 0 bridgehead atoms. The fourth-order valence-electron chi connectivity index (χ4n) is 0.951. The monoisotopic (exact) mass is 223 g/mol. The highest BCUT2D eigenvalue weighted by Crippen LogP contribution is 2.10. The quantitative estimate of drug-likeness (QED) is 0.341. The maximum atomic E-state index is 10.7. The highest BCUT2D eigenvalue weighted by atomic mass is 16.7. The van der Waals surface area contributed by atoms with Gasteiger partial charge in [0.2, 0.25) is 0 Å². The molecule has 3 N–H and O–H groups in total. The van der Waals surface area contributed by atoms with E-state index < -0.39 is 6.09 Å². The van der Waals surface area contributed by atoms with Gasteiger partial charge in [0, 0.05) is 12.6 Å². The molecule has 1 amide bonds. The molecule has 0 aliphatic carbocycles. The van der Waals surface area contributed by atoms with E-state index in [0.717, 1.165) is 0 Å². The SMILES string of the molecule is CNC(=O)O/N=C(\N)c1ccc(OC)cc1. The lowest BCUT2D eigenvalue weighted by molar-refractivity contribution is 0.153. The number of rotatable bonds is 3. The summed E-state index contributed by atoms with van der Waals surface area (Å²) < 4.78 is 4.99. The van der Waals surface area contributed by atoms with Crippen molar-refractivity contribution in [3.8, 4) is 5.75 Å². The van der Waals surface area contributed by atoms with Gasteiger partial charge in [-0.1, -0.05) is 5.16 Å². The fraction of sp³-hybridized carbons (Fsp3) is 0.200. The van der Waals surface area contributed by atoms with Gasteiger partial charge in [-0.25, -0.2) is 4.79 Å². The minimum Gasteiger partial charge on any atom is -0.497 e. The zero-order valence-electron chi connectivity index (χ0n) is 9.06. The first-order valence-electron chi connectivity index (χ1n) is 4.54. The summed E-state index contributed by atoms with van der Waals surface area (Å²) >= 11 is 0. The van der Waals surface area contributed by atoms with Crippen molar-refractivity contribution in [2.45, 2.75) is 0 Å². The molecule has 0 aromatic heterocycles. The van der Waals surface area contributed by atoms with Crippen LogP contribution in [0.15, 0.2) is 29.4 Å². The van der Waals surface area contributed by atoms with E-state index in [1.165, 1.54) is 7.05 Å². The van der Waals surface area contributed by atoms with Gasteiger partial charge in [-0.3, -0.25) is 4.84 Å². The lowest BCUT2D eigenvalue weighted by Crippen LogP contribution is -2.20. The number of hydrogen-bond donors (Lipinski definition) is 2. The van der Waals surface area contributed by atoms with Crippen LogP contribution in [0, 0.1) is 0 Å². The molecule has 0 spiro atoms. The molecule has 6 nitrogen and oxygen atoms in total. The van der Waals surface area contributed by atoms with Gasteiger partial charge in [0.05, 0.1) is 7.11 Å². The van der Waals surface area contributed by atoms with Gasteiger partial charge < -0.3 is 15.8 Å². The Labute approximate surface area is 93.0 Å². The van der Waals surface area contributed by atoms with Crippen LogP contribution in [0.2, 0.25) is 0 Å². The lowest BCUT2D eigenvalue weighted by atomic mass is 10.2. The van der Waals surface area contributed by atoms with Gasteiger partial charge in [-0.05, 0) is 24.3 Å². The van der Waals surface area contributed by atoms with Crippen LogP contribution >= 0.6 is 0 Å². The molecule has 0 fully saturated rings. The summed E-state index contributed by atoms with van der Waals surface area (Å²) in [6.45, 7) is 0. The van der Waals surface area contributed by atoms with Crippen LogP contribution in [0.4, 0.5) is 4.79 Å². The summed E-state index contributed by atoms with van der Waals surface area (Å²) in [6, 6.07) is 6.89. The first-order chi connectivity index (χ1) is 7.67. The van der Waals surface area contributed by atoms with Gasteiger partial charge >= 0.3 is 6.09 Å². The number of ether oxygens (including phenoxy) is 1. The Kier molecular flexibility index (Phi) is 4.14. The first-order valence-corrected chi connectivity index (χ1v) is 4.54. The van der Waals surface area contributed by atoms with Crippen LogP contribution in [0.25, 0.3) is 0 Å². The zero-order valence-corrected chi connectivity index (χ0v) is 9.06. The Morgan fingerprint density at radius 2 is 2.00 bits per heavy atom. The van der Waals surface area contributed by atoms with Crippen molar-refractivity contribution in [3.63, 3.8) is 0 Å². The van der Waals surface area contributed by atoms with E-state index >= 15 is 0 Å². The van der Waals surface area contributed by atoms with E-state index in [2.05, 4.69) is 15.3 Å². The molecular weight excluding hydrogens is 210 g/mol. The second kappa shape index (κ2) is 5.59. The number of nitrogens with two attached hydrogens (primary N) is 1. The topological polar surface area (TPSA) is 85.9 Å². The molecule has 0 radical (unpaired) electrons. The largest absolute Gasteiger partial charge is 0.497 e. The summed E-state index contributed by atoms with van der Waals surface area (Å²) in [4.78, 5) is 15.2. The van der Waals surface area contributed by atoms with Gasteiger partial charge in [0.25, 0.3) is 0 Å². The fourth-order valence-corrected chi connectivity index (χ4v) is 0.951. The van der Waals surface area contributed by atoms with Crippen molar-refractivity contribution in [3.05, 3.63) is 29.8 Å². The number of nitrogens with one attached hydrogen (secondary N) is 1. The van der Waals surface area contributed by atoms with Crippen LogP contribution in [0.1, 0.15) is 5.56 Å². The van der Waals surface area contributed by atoms with Crippen LogP contribution in [0.3, 0.4) is 0 Å². The molecule has 0 aliphatic heterocycles. The van der Waals surface area contributed by atoms with Crippen molar-refractivity contribution < 1.29 is 14.4 Å².